The third kappa shape index (κ3) is 7.30. The van der Waals surface area contributed by atoms with Crippen LogP contribution in [0.1, 0.15) is 30.8 Å². The van der Waals surface area contributed by atoms with Crippen molar-refractivity contribution in [1.82, 2.24) is 29.6 Å². The minimum absolute atomic E-state index is 0.0684. The SMILES string of the molecule is C[C@H](O)C(=O)N(C[C@@H]1CNCC1F)[C@@H](c1nc(-c2cc(F)ccc2F)cn1Cc1ccccc1)C1CN(C(=O)CCN2C(=O)C=CC2=O)C1. The van der Waals surface area contributed by atoms with Crippen molar-refractivity contribution in [1.29, 1.82) is 0 Å². The second-order valence-electron chi connectivity index (χ2n) is 12.7. The normalized spacial score (nSPS) is 20.5. The van der Waals surface area contributed by atoms with E-state index in [-0.39, 0.29) is 62.9 Å². The number of imidazole rings is 1. The topological polar surface area (TPSA) is 128 Å². The molecule has 3 aliphatic rings. The molecule has 14 heteroatoms. The van der Waals surface area contributed by atoms with Gasteiger partial charge in [0.2, 0.25) is 5.91 Å². The maximum Gasteiger partial charge on any atom is 0.253 e. The number of halogens is 3. The molecule has 4 amide bonds. The van der Waals surface area contributed by atoms with Crippen LogP contribution in [0.4, 0.5) is 13.2 Å². The average molecular weight is 679 g/mol. The quantitative estimate of drug-likeness (QED) is 0.282. The lowest BCUT2D eigenvalue weighted by Crippen LogP contribution is -2.58. The monoisotopic (exact) mass is 678 g/mol. The number of amides is 4. The number of nitrogens with zero attached hydrogens (tertiary/aromatic N) is 5. The molecule has 0 saturated carbocycles. The third-order valence-corrected chi connectivity index (χ3v) is 9.30. The van der Waals surface area contributed by atoms with Gasteiger partial charge < -0.3 is 24.8 Å². The molecule has 0 aliphatic carbocycles. The molecule has 0 spiro atoms. The largest absolute Gasteiger partial charge is 0.384 e. The number of likely N-dealkylation sites (tertiary alicyclic amines) is 1. The van der Waals surface area contributed by atoms with Gasteiger partial charge in [0.1, 0.15) is 29.7 Å². The first-order valence-corrected chi connectivity index (χ1v) is 16.2. The first kappa shape index (κ1) is 34.1. The number of hydrogen-bond acceptors (Lipinski definition) is 7. The highest BCUT2D eigenvalue weighted by Gasteiger charge is 2.45. The molecule has 258 valence electrons. The van der Waals surface area contributed by atoms with Crippen molar-refractivity contribution >= 4 is 23.6 Å². The van der Waals surface area contributed by atoms with Crippen LogP contribution in [0.15, 0.2) is 66.9 Å². The van der Waals surface area contributed by atoms with Gasteiger partial charge in [0, 0.05) is 88.0 Å². The number of aliphatic hydroxyl groups excluding tert-OH is 1. The summed E-state index contributed by atoms with van der Waals surface area (Å²) < 4.78 is 46.2. The number of carbonyl (C=O) groups excluding carboxylic acids is 4. The summed E-state index contributed by atoms with van der Waals surface area (Å²) in [6, 6.07) is 11.5. The molecular formula is C35H37F3N6O5. The summed E-state index contributed by atoms with van der Waals surface area (Å²) in [5.74, 6) is -4.06. The summed E-state index contributed by atoms with van der Waals surface area (Å²) in [5.41, 5.74) is 0.883. The van der Waals surface area contributed by atoms with Gasteiger partial charge in [-0.05, 0) is 30.7 Å². The van der Waals surface area contributed by atoms with Crippen LogP contribution >= 0.6 is 0 Å². The lowest BCUT2D eigenvalue weighted by molar-refractivity contribution is -0.149. The summed E-state index contributed by atoms with van der Waals surface area (Å²) in [4.78, 5) is 59.6. The Morgan fingerprint density at radius 1 is 1.06 bits per heavy atom. The molecule has 0 radical (unpaired) electrons. The van der Waals surface area contributed by atoms with Gasteiger partial charge in [-0.2, -0.15) is 0 Å². The van der Waals surface area contributed by atoms with E-state index in [9.17, 15) is 28.7 Å². The van der Waals surface area contributed by atoms with Crippen molar-refractivity contribution in [2.24, 2.45) is 11.8 Å². The Balaban J connectivity index is 1.37. The summed E-state index contributed by atoms with van der Waals surface area (Å²) in [6.45, 7) is 2.12. The summed E-state index contributed by atoms with van der Waals surface area (Å²) >= 11 is 0. The Bertz CT molecular complexity index is 1740. The number of benzene rings is 2. The first-order chi connectivity index (χ1) is 23.5. The smallest absolute Gasteiger partial charge is 0.253 e. The summed E-state index contributed by atoms with van der Waals surface area (Å²) in [6.07, 6.45) is 1.07. The molecule has 2 fully saturated rings. The molecular weight excluding hydrogens is 641 g/mol. The van der Waals surface area contributed by atoms with E-state index in [0.717, 1.165) is 40.8 Å². The predicted octanol–water partition coefficient (Wildman–Crippen LogP) is 2.46. The van der Waals surface area contributed by atoms with Crippen molar-refractivity contribution in [3.63, 3.8) is 0 Å². The van der Waals surface area contributed by atoms with Crippen LogP contribution in [0.2, 0.25) is 0 Å². The van der Waals surface area contributed by atoms with Crippen molar-refractivity contribution in [2.75, 3.05) is 39.3 Å². The molecule has 4 atom stereocenters. The van der Waals surface area contributed by atoms with E-state index in [1.54, 1.807) is 10.8 Å². The van der Waals surface area contributed by atoms with Crippen LogP contribution < -0.4 is 5.32 Å². The lowest BCUT2D eigenvalue weighted by Gasteiger charge is -2.47. The van der Waals surface area contributed by atoms with E-state index in [2.05, 4.69) is 5.32 Å². The minimum atomic E-state index is -1.45. The van der Waals surface area contributed by atoms with E-state index in [1.165, 1.54) is 16.7 Å². The van der Waals surface area contributed by atoms with E-state index >= 15 is 8.78 Å². The molecule has 2 saturated heterocycles. The van der Waals surface area contributed by atoms with Crippen molar-refractivity contribution in [2.45, 2.75) is 38.2 Å². The summed E-state index contributed by atoms with van der Waals surface area (Å²) in [5, 5.41) is 13.6. The molecule has 0 bridgehead atoms. The fourth-order valence-corrected chi connectivity index (χ4v) is 6.65. The van der Waals surface area contributed by atoms with Gasteiger partial charge in [-0.15, -0.1) is 0 Å². The fourth-order valence-electron chi connectivity index (χ4n) is 6.65. The maximum atomic E-state index is 15.1. The lowest BCUT2D eigenvalue weighted by atomic mass is 9.87. The van der Waals surface area contributed by atoms with Gasteiger partial charge in [0.05, 0.1) is 11.7 Å². The number of hydrogen-bond donors (Lipinski definition) is 2. The number of carbonyl (C=O) groups is 4. The van der Waals surface area contributed by atoms with E-state index in [4.69, 9.17) is 4.98 Å². The van der Waals surface area contributed by atoms with Gasteiger partial charge in [0.25, 0.3) is 17.7 Å². The zero-order chi connectivity index (χ0) is 34.8. The fraction of sp³-hybridized carbons (Fsp3) is 0.400. The molecule has 6 rings (SSSR count). The number of nitrogens with one attached hydrogen (secondary N) is 1. The molecule has 4 heterocycles. The molecule has 11 nitrogen and oxygen atoms in total. The highest BCUT2D eigenvalue weighted by Crippen LogP contribution is 2.38. The van der Waals surface area contributed by atoms with Crippen LogP contribution in [0.5, 0.6) is 0 Å². The van der Waals surface area contributed by atoms with Crippen LogP contribution in [0.3, 0.4) is 0 Å². The molecule has 1 aromatic heterocycles. The van der Waals surface area contributed by atoms with Crippen LogP contribution in [0, 0.1) is 23.5 Å². The zero-order valence-corrected chi connectivity index (χ0v) is 26.8. The highest BCUT2D eigenvalue weighted by atomic mass is 19.1. The van der Waals surface area contributed by atoms with Crippen LogP contribution in [-0.4, -0.2) is 105 Å². The number of rotatable bonds is 12. The average Bonchev–Trinajstić information content (AvgIpc) is 3.75. The van der Waals surface area contributed by atoms with E-state index in [1.807, 2.05) is 30.3 Å². The van der Waals surface area contributed by atoms with Crippen LogP contribution in [0.25, 0.3) is 11.3 Å². The van der Waals surface area contributed by atoms with Crippen molar-refractivity contribution in [3.05, 3.63) is 89.9 Å². The Labute approximate surface area is 281 Å². The Hall–Kier alpha value is -4.82. The molecule has 2 N–H and O–H groups in total. The number of aromatic nitrogens is 2. The molecule has 1 unspecified atom stereocenters. The third-order valence-electron chi connectivity index (χ3n) is 9.30. The second-order valence-corrected chi connectivity index (χ2v) is 12.7. The first-order valence-electron chi connectivity index (χ1n) is 16.2. The summed E-state index contributed by atoms with van der Waals surface area (Å²) in [7, 11) is 0. The van der Waals surface area contributed by atoms with Crippen molar-refractivity contribution < 1.29 is 37.5 Å². The maximum absolute atomic E-state index is 15.1. The molecule has 49 heavy (non-hydrogen) atoms. The highest BCUT2D eigenvalue weighted by molar-refractivity contribution is 6.13. The van der Waals surface area contributed by atoms with Gasteiger partial charge in [-0.25, -0.2) is 18.2 Å². The van der Waals surface area contributed by atoms with Gasteiger partial charge >= 0.3 is 0 Å². The van der Waals surface area contributed by atoms with Gasteiger partial charge in [0.15, 0.2) is 0 Å². The molecule has 3 aliphatic heterocycles. The predicted molar refractivity (Wildman–Crippen MR) is 171 cm³/mol. The van der Waals surface area contributed by atoms with E-state index in [0.29, 0.717) is 12.4 Å². The second kappa shape index (κ2) is 14.3. The Morgan fingerprint density at radius 2 is 1.78 bits per heavy atom. The molecule has 3 aromatic rings. The van der Waals surface area contributed by atoms with Gasteiger partial charge in [-0.3, -0.25) is 24.1 Å². The number of aliphatic hydroxyl groups is 1. The number of imide groups is 1. The van der Waals surface area contributed by atoms with Gasteiger partial charge in [-0.1, -0.05) is 30.3 Å². The standard InChI is InChI=1S/C35H37F3N6O5/c1-21(45)35(49)44(19-23-14-39-15-28(23)38)33(24-17-41(18-24)30(46)11-12-43-31(47)9-10-32(43)48)34-40-29(26-13-25(36)7-8-27(26)37)20-42(34)16-22-5-3-2-4-6-22/h2-10,13,20-21,23-24,28,33,39,45H,11-12,14-19H2,1H3/t21-,23-,28?,33+/m0/s1. The molecule has 2 aromatic carbocycles. The minimum Gasteiger partial charge on any atom is -0.384 e. The van der Waals surface area contributed by atoms with Crippen molar-refractivity contribution in [3.8, 4) is 11.3 Å². The van der Waals surface area contributed by atoms with Crippen LogP contribution in [-0.2, 0) is 25.7 Å². The Morgan fingerprint density at radius 3 is 2.43 bits per heavy atom. The van der Waals surface area contributed by atoms with E-state index < -0.39 is 59.5 Å². The number of alkyl halides is 1. The Kier molecular flexibility index (Phi) is 9.97. The zero-order valence-electron chi connectivity index (χ0n) is 26.8.